The van der Waals surface area contributed by atoms with Gasteiger partial charge in [0.2, 0.25) is 0 Å². The van der Waals surface area contributed by atoms with Crippen LogP contribution in [-0.4, -0.2) is 17.0 Å². The molecule has 0 bridgehead atoms. The molecule has 3 aromatic carbocycles. The van der Waals surface area contributed by atoms with Gasteiger partial charge in [0.05, 0.1) is 10.0 Å². The Morgan fingerprint density at radius 1 is 1.18 bits per heavy atom. The summed E-state index contributed by atoms with van der Waals surface area (Å²) in [6, 6.07) is 18.7. The minimum Gasteiger partial charge on any atom is -0.488 e. The zero-order valence-electron chi connectivity index (χ0n) is 17.4. The van der Waals surface area contributed by atoms with E-state index in [0.717, 1.165) is 5.56 Å². The van der Waals surface area contributed by atoms with Gasteiger partial charge in [-0.2, -0.15) is 5.26 Å². The van der Waals surface area contributed by atoms with Crippen molar-refractivity contribution in [2.45, 2.75) is 13.5 Å². The molecule has 8 heteroatoms. The first-order valence-electron chi connectivity index (χ1n) is 9.71. The fourth-order valence-corrected chi connectivity index (χ4v) is 3.56. The maximum absolute atomic E-state index is 12.6. The lowest BCUT2D eigenvalue weighted by Crippen LogP contribution is -2.14. The van der Waals surface area contributed by atoms with Crippen molar-refractivity contribution in [2.24, 2.45) is 0 Å². The van der Waals surface area contributed by atoms with Crippen molar-refractivity contribution < 1.29 is 19.4 Å². The fraction of sp³-hybridized carbons (Fsp3) is 0.0800. The topological polar surface area (TPSA) is 99.4 Å². The molecule has 166 valence electrons. The third-order valence-corrected chi connectivity index (χ3v) is 5.77. The number of nitriles is 1. The summed E-state index contributed by atoms with van der Waals surface area (Å²) in [5.74, 6) is -0.960. The highest BCUT2D eigenvalue weighted by atomic mass is 79.9. The summed E-state index contributed by atoms with van der Waals surface area (Å²) >= 11 is 9.53. The van der Waals surface area contributed by atoms with Gasteiger partial charge < -0.3 is 15.2 Å². The van der Waals surface area contributed by atoms with Gasteiger partial charge in [-0.05, 0) is 82.0 Å². The van der Waals surface area contributed by atoms with Gasteiger partial charge in [-0.25, -0.2) is 4.79 Å². The second-order valence-corrected chi connectivity index (χ2v) is 8.28. The van der Waals surface area contributed by atoms with Crippen molar-refractivity contribution in [3.63, 3.8) is 0 Å². The van der Waals surface area contributed by atoms with Gasteiger partial charge in [-0.1, -0.05) is 35.9 Å². The number of carboxylic acids is 1. The van der Waals surface area contributed by atoms with Gasteiger partial charge in [-0.3, -0.25) is 4.79 Å². The van der Waals surface area contributed by atoms with Gasteiger partial charge in [-0.15, -0.1) is 0 Å². The summed E-state index contributed by atoms with van der Waals surface area (Å²) < 4.78 is 6.43. The molecule has 0 aliphatic rings. The lowest BCUT2D eigenvalue weighted by atomic mass is 10.1. The largest absolute Gasteiger partial charge is 0.488 e. The van der Waals surface area contributed by atoms with Crippen molar-refractivity contribution in [3.05, 3.63) is 98.0 Å². The number of ether oxygens (including phenoxy) is 1. The Bertz CT molecular complexity index is 1280. The zero-order valence-corrected chi connectivity index (χ0v) is 19.8. The predicted molar refractivity (Wildman–Crippen MR) is 130 cm³/mol. The molecule has 33 heavy (non-hydrogen) atoms. The number of benzene rings is 3. The molecule has 6 nitrogen and oxygen atoms in total. The second-order valence-electron chi connectivity index (χ2n) is 7.02. The van der Waals surface area contributed by atoms with Crippen LogP contribution in [0.25, 0.3) is 6.08 Å². The summed E-state index contributed by atoms with van der Waals surface area (Å²) in [7, 11) is 0. The average molecular weight is 526 g/mol. The second kappa shape index (κ2) is 10.8. The van der Waals surface area contributed by atoms with Crippen LogP contribution in [0.1, 0.15) is 27.0 Å². The third-order valence-electron chi connectivity index (χ3n) is 4.74. The summed E-state index contributed by atoms with van der Waals surface area (Å²) in [5, 5.41) is 21.7. The Labute approximate surface area is 204 Å². The number of anilines is 1. The highest BCUT2D eigenvalue weighted by Crippen LogP contribution is 2.28. The quantitative estimate of drug-likeness (QED) is 0.281. The van der Waals surface area contributed by atoms with Crippen LogP contribution in [0.3, 0.4) is 0 Å². The summed E-state index contributed by atoms with van der Waals surface area (Å²) in [4.78, 5) is 23.5. The van der Waals surface area contributed by atoms with Crippen molar-refractivity contribution in [1.82, 2.24) is 0 Å². The molecular weight excluding hydrogens is 508 g/mol. The number of hydrogen-bond acceptors (Lipinski definition) is 4. The van der Waals surface area contributed by atoms with Gasteiger partial charge in [0, 0.05) is 10.7 Å². The van der Waals surface area contributed by atoms with E-state index in [1.165, 1.54) is 18.2 Å². The molecule has 0 aliphatic heterocycles. The first kappa shape index (κ1) is 24.1. The Balaban J connectivity index is 1.70. The molecule has 1 amide bonds. The highest BCUT2D eigenvalue weighted by molar-refractivity contribution is 9.10. The number of nitrogens with one attached hydrogen (secondary N) is 1. The van der Waals surface area contributed by atoms with E-state index in [2.05, 4.69) is 21.2 Å². The molecular formula is C25H18BrClN2O4. The van der Waals surface area contributed by atoms with Crippen LogP contribution in [0.4, 0.5) is 5.69 Å². The van der Waals surface area contributed by atoms with Crippen molar-refractivity contribution >= 4 is 51.2 Å². The maximum Gasteiger partial charge on any atom is 0.335 e. The van der Waals surface area contributed by atoms with Crippen LogP contribution in [0.15, 0.2) is 70.7 Å². The number of amides is 1. The number of nitrogens with zero attached hydrogens (tertiary/aromatic N) is 1. The smallest absolute Gasteiger partial charge is 0.335 e. The van der Waals surface area contributed by atoms with E-state index in [4.69, 9.17) is 21.4 Å². The van der Waals surface area contributed by atoms with E-state index in [-0.39, 0.29) is 17.7 Å². The molecule has 0 aromatic heterocycles. The summed E-state index contributed by atoms with van der Waals surface area (Å²) in [6.45, 7) is 2.03. The Kier molecular flexibility index (Phi) is 7.88. The lowest BCUT2D eigenvalue weighted by molar-refractivity contribution is -0.112. The minimum atomic E-state index is -0.984. The summed E-state index contributed by atoms with van der Waals surface area (Å²) in [6.07, 6.45) is 1.48. The highest BCUT2D eigenvalue weighted by Gasteiger charge is 2.13. The van der Waals surface area contributed by atoms with Crippen molar-refractivity contribution in [2.75, 3.05) is 5.32 Å². The van der Waals surface area contributed by atoms with Crippen molar-refractivity contribution in [3.8, 4) is 11.8 Å². The molecule has 0 aliphatic carbocycles. The molecule has 3 aromatic rings. The number of halogens is 2. The van der Waals surface area contributed by atoms with Gasteiger partial charge in [0.15, 0.2) is 0 Å². The van der Waals surface area contributed by atoms with E-state index >= 15 is 0 Å². The van der Waals surface area contributed by atoms with Crippen LogP contribution in [0, 0.1) is 18.3 Å². The standard InChI is InChI=1S/C25H18BrClN2O4/c1-15-21(27)3-2-4-22(15)29-24(30)19(13-28)11-17-7-10-23(20(26)12-17)33-14-16-5-8-18(9-6-16)25(31)32/h2-12H,14H2,1H3,(H,29,30)(H,31,32)/b19-11-. The van der Waals surface area contributed by atoms with Crippen molar-refractivity contribution in [1.29, 1.82) is 5.26 Å². The van der Waals surface area contributed by atoms with Gasteiger partial charge in [0.25, 0.3) is 5.91 Å². The molecule has 0 spiro atoms. The van der Waals surface area contributed by atoms with Crippen LogP contribution in [-0.2, 0) is 11.4 Å². The first-order valence-corrected chi connectivity index (χ1v) is 10.9. The Morgan fingerprint density at radius 3 is 2.55 bits per heavy atom. The molecule has 0 heterocycles. The van der Waals surface area contributed by atoms with E-state index in [0.29, 0.717) is 32.1 Å². The number of hydrogen-bond donors (Lipinski definition) is 2. The number of carboxylic acid groups (broad SMARTS) is 1. The monoisotopic (exact) mass is 524 g/mol. The average Bonchev–Trinajstić information content (AvgIpc) is 2.80. The predicted octanol–water partition coefficient (Wildman–Crippen LogP) is 6.23. The molecule has 3 rings (SSSR count). The third kappa shape index (κ3) is 6.22. The van der Waals surface area contributed by atoms with E-state index in [9.17, 15) is 14.9 Å². The number of carbonyl (C=O) groups is 2. The summed E-state index contributed by atoms with van der Waals surface area (Å²) in [5.41, 5.74) is 2.85. The van der Waals surface area contributed by atoms with Gasteiger partial charge in [0.1, 0.15) is 24.0 Å². The fourth-order valence-electron chi connectivity index (χ4n) is 2.88. The molecule has 0 saturated carbocycles. The van der Waals surface area contributed by atoms with Crippen LogP contribution in [0.2, 0.25) is 5.02 Å². The Morgan fingerprint density at radius 2 is 1.91 bits per heavy atom. The van der Waals surface area contributed by atoms with Crippen LogP contribution < -0.4 is 10.1 Å². The first-order chi connectivity index (χ1) is 15.8. The van der Waals surface area contributed by atoms with Gasteiger partial charge >= 0.3 is 5.97 Å². The molecule has 2 N–H and O–H groups in total. The maximum atomic E-state index is 12.6. The van der Waals surface area contributed by atoms with E-state index < -0.39 is 11.9 Å². The lowest BCUT2D eigenvalue weighted by Gasteiger charge is -2.10. The number of aromatic carboxylic acids is 1. The van der Waals surface area contributed by atoms with Crippen LogP contribution in [0.5, 0.6) is 5.75 Å². The van der Waals surface area contributed by atoms with E-state index in [1.54, 1.807) is 55.5 Å². The number of rotatable bonds is 7. The SMILES string of the molecule is Cc1c(Cl)cccc1NC(=O)/C(C#N)=C\c1ccc(OCc2ccc(C(=O)O)cc2)c(Br)c1. The van der Waals surface area contributed by atoms with Crippen LogP contribution >= 0.6 is 27.5 Å². The number of carbonyl (C=O) groups excluding carboxylic acids is 1. The Hall–Kier alpha value is -3.60. The van der Waals surface area contributed by atoms with E-state index in [1.807, 2.05) is 6.07 Å². The minimum absolute atomic E-state index is 0.0616. The normalized spacial score (nSPS) is 10.9. The molecule has 0 unspecified atom stereocenters. The molecule has 0 fully saturated rings. The zero-order chi connectivity index (χ0) is 24.0. The molecule has 0 radical (unpaired) electrons. The molecule has 0 saturated heterocycles. The molecule has 0 atom stereocenters.